The quantitative estimate of drug-likeness (QED) is 0.363. The maximum Gasteiger partial charge on any atom is 0.146 e. The van der Waals surface area contributed by atoms with E-state index in [0.717, 1.165) is 6.21 Å². The van der Waals surface area contributed by atoms with Gasteiger partial charge in [-0.3, -0.25) is 0 Å². The molecule has 0 radical (unpaired) electrons. The van der Waals surface area contributed by atoms with Gasteiger partial charge in [-0.2, -0.15) is 10.5 Å². The molecule has 0 aliphatic carbocycles. The van der Waals surface area contributed by atoms with E-state index in [1.165, 1.54) is 18.2 Å². The van der Waals surface area contributed by atoms with E-state index in [1.807, 2.05) is 12.1 Å². The van der Waals surface area contributed by atoms with Crippen LogP contribution in [0.3, 0.4) is 0 Å². The Balaban J connectivity index is 3.09. The molecule has 0 bridgehead atoms. The van der Waals surface area contributed by atoms with E-state index in [0.29, 0.717) is 5.56 Å². The van der Waals surface area contributed by atoms with Gasteiger partial charge in [0.2, 0.25) is 0 Å². The first-order valence-corrected chi connectivity index (χ1v) is 5.27. The zero-order chi connectivity index (χ0) is 14.3. The highest BCUT2D eigenvalue weighted by molar-refractivity contribution is 5.75. The molecule has 0 amide bonds. The molecular formula is C14H11N3O2. The van der Waals surface area contributed by atoms with E-state index in [1.54, 1.807) is 6.07 Å². The summed E-state index contributed by atoms with van der Waals surface area (Å²) in [6.07, 6.45) is 2.22. The van der Waals surface area contributed by atoms with Crippen molar-refractivity contribution < 1.29 is 9.84 Å². The van der Waals surface area contributed by atoms with Crippen LogP contribution in [0.5, 0.6) is 5.75 Å². The third-order valence-corrected chi connectivity index (χ3v) is 2.18. The number of nitrogens with one attached hydrogen (secondary N) is 1. The van der Waals surface area contributed by atoms with Crippen LogP contribution in [0.1, 0.15) is 11.1 Å². The molecule has 0 atom stereocenters. The SMILES string of the molecule is C=C(C#N)/C=C(\C=N)Oc1ccc(CO)cc1C#N. The number of hydrogen-bond donors (Lipinski definition) is 2. The van der Waals surface area contributed by atoms with Gasteiger partial charge in [0.05, 0.1) is 24.5 Å². The van der Waals surface area contributed by atoms with Crippen molar-refractivity contribution in [3.63, 3.8) is 0 Å². The molecule has 0 fully saturated rings. The fourth-order valence-electron chi connectivity index (χ4n) is 1.28. The molecule has 0 aliphatic rings. The van der Waals surface area contributed by atoms with Crippen molar-refractivity contribution in [1.82, 2.24) is 0 Å². The zero-order valence-electron chi connectivity index (χ0n) is 10.1. The monoisotopic (exact) mass is 253 g/mol. The Hall–Kier alpha value is -2.89. The molecule has 0 saturated carbocycles. The lowest BCUT2D eigenvalue weighted by atomic mass is 10.1. The van der Waals surface area contributed by atoms with E-state index in [2.05, 4.69) is 6.58 Å². The van der Waals surface area contributed by atoms with Crippen molar-refractivity contribution in [2.45, 2.75) is 6.61 Å². The third-order valence-electron chi connectivity index (χ3n) is 2.18. The summed E-state index contributed by atoms with van der Waals surface area (Å²) in [6.45, 7) is 3.28. The van der Waals surface area contributed by atoms with Crippen LogP contribution in [0.25, 0.3) is 0 Å². The van der Waals surface area contributed by atoms with Gasteiger partial charge in [-0.15, -0.1) is 0 Å². The molecule has 5 nitrogen and oxygen atoms in total. The number of nitrogens with zero attached hydrogens (tertiary/aromatic N) is 2. The fourth-order valence-corrected chi connectivity index (χ4v) is 1.28. The minimum Gasteiger partial charge on any atom is -0.454 e. The maximum absolute atomic E-state index is 8.99. The first-order chi connectivity index (χ1) is 9.14. The Morgan fingerprint density at radius 3 is 2.74 bits per heavy atom. The van der Waals surface area contributed by atoms with Gasteiger partial charge < -0.3 is 15.3 Å². The Bertz CT molecular complexity index is 619. The van der Waals surface area contributed by atoms with E-state index >= 15 is 0 Å². The van der Waals surface area contributed by atoms with E-state index in [-0.39, 0.29) is 29.3 Å². The molecule has 0 heterocycles. The summed E-state index contributed by atoms with van der Waals surface area (Å²) in [7, 11) is 0. The van der Waals surface area contributed by atoms with Crippen molar-refractivity contribution in [1.29, 1.82) is 15.9 Å². The lowest BCUT2D eigenvalue weighted by Crippen LogP contribution is -1.99. The van der Waals surface area contributed by atoms with Gasteiger partial charge in [0.1, 0.15) is 17.6 Å². The van der Waals surface area contributed by atoms with Gasteiger partial charge in [-0.05, 0) is 23.8 Å². The first kappa shape index (κ1) is 14.2. The molecule has 0 spiro atoms. The van der Waals surface area contributed by atoms with Gasteiger partial charge in [0, 0.05) is 5.57 Å². The molecule has 5 heteroatoms. The lowest BCUT2D eigenvalue weighted by molar-refractivity contribution is 0.281. The third kappa shape index (κ3) is 3.81. The second-order valence-electron chi connectivity index (χ2n) is 3.53. The maximum atomic E-state index is 8.99. The molecule has 0 aliphatic heterocycles. The van der Waals surface area contributed by atoms with Crippen LogP contribution in [-0.2, 0) is 6.61 Å². The second-order valence-corrected chi connectivity index (χ2v) is 3.53. The van der Waals surface area contributed by atoms with Crippen LogP contribution in [0, 0.1) is 28.1 Å². The van der Waals surface area contributed by atoms with Gasteiger partial charge >= 0.3 is 0 Å². The Labute approximate surface area is 110 Å². The number of ether oxygens (including phenoxy) is 1. The normalized spacial score (nSPS) is 10.2. The lowest BCUT2D eigenvalue weighted by Gasteiger charge is -2.08. The number of aliphatic hydroxyl groups is 1. The summed E-state index contributed by atoms with van der Waals surface area (Å²) < 4.78 is 5.36. The number of rotatable bonds is 5. The van der Waals surface area contributed by atoms with Gasteiger partial charge in [0.25, 0.3) is 0 Å². The average Bonchev–Trinajstić information content (AvgIpc) is 2.46. The summed E-state index contributed by atoms with van der Waals surface area (Å²) >= 11 is 0. The number of nitriles is 2. The van der Waals surface area contributed by atoms with E-state index in [9.17, 15) is 0 Å². The zero-order valence-corrected chi connectivity index (χ0v) is 10.1. The topological polar surface area (TPSA) is 101 Å². The van der Waals surface area contributed by atoms with Gasteiger partial charge in [-0.25, -0.2) is 0 Å². The molecular weight excluding hydrogens is 242 g/mol. The highest BCUT2D eigenvalue weighted by Gasteiger charge is 2.07. The van der Waals surface area contributed by atoms with Crippen LogP contribution >= 0.6 is 0 Å². The van der Waals surface area contributed by atoms with Crippen molar-refractivity contribution in [3.8, 4) is 17.9 Å². The van der Waals surface area contributed by atoms with Gasteiger partial charge in [-0.1, -0.05) is 12.6 Å². The highest BCUT2D eigenvalue weighted by Crippen LogP contribution is 2.21. The van der Waals surface area contributed by atoms with Crippen LogP contribution in [0.15, 0.2) is 42.2 Å². The predicted molar refractivity (Wildman–Crippen MR) is 69.3 cm³/mol. The Morgan fingerprint density at radius 1 is 1.47 bits per heavy atom. The second kappa shape index (κ2) is 6.75. The molecule has 19 heavy (non-hydrogen) atoms. The van der Waals surface area contributed by atoms with Crippen molar-refractivity contribution in [3.05, 3.63) is 53.3 Å². The van der Waals surface area contributed by atoms with Crippen LogP contribution in [-0.4, -0.2) is 11.3 Å². The average molecular weight is 253 g/mol. The predicted octanol–water partition coefficient (Wildman–Crippen LogP) is 2.04. The number of benzene rings is 1. The molecule has 1 aromatic carbocycles. The standard InChI is InChI=1S/C14H11N3O2/c1-10(6-15)4-13(8-17)19-14-3-2-11(9-18)5-12(14)7-16/h2-5,8,17-18H,1,9H2/b13-4+,17-8?. The molecule has 0 aromatic heterocycles. The minimum absolute atomic E-state index is 0.0970. The molecule has 0 saturated heterocycles. The fraction of sp³-hybridized carbons (Fsp3) is 0.0714. The highest BCUT2D eigenvalue weighted by atomic mass is 16.5. The van der Waals surface area contributed by atoms with Crippen molar-refractivity contribution in [2.75, 3.05) is 0 Å². The first-order valence-electron chi connectivity index (χ1n) is 5.27. The van der Waals surface area contributed by atoms with E-state index < -0.39 is 0 Å². The van der Waals surface area contributed by atoms with Crippen molar-refractivity contribution >= 4 is 6.21 Å². The molecule has 94 valence electrons. The summed E-state index contributed by atoms with van der Waals surface area (Å²) in [5, 5.41) is 33.8. The van der Waals surface area contributed by atoms with Crippen LogP contribution in [0.4, 0.5) is 0 Å². The minimum atomic E-state index is -0.173. The molecule has 1 rings (SSSR count). The smallest absolute Gasteiger partial charge is 0.146 e. The number of aliphatic hydroxyl groups excluding tert-OH is 1. The number of hydrogen-bond acceptors (Lipinski definition) is 5. The largest absolute Gasteiger partial charge is 0.454 e. The summed E-state index contributed by atoms with van der Waals surface area (Å²) in [6, 6.07) is 8.38. The summed E-state index contributed by atoms with van der Waals surface area (Å²) in [5.74, 6) is 0.347. The summed E-state index contributed by atoms with van der Waals surface area (Å²) in [4.78, 5) is 0. The molecule has 2 N–H and O–H groups in total. The Morgan fingerprint density at radius 2 is 2.21 bits per heavy atom. The van der Waals surface area contributed by atoms with Crippen LogP contribution < -0.4 is 4.74 Å². The number of allylic oxidation sites excluding steroid dienone is 3. The van der Waals surface area contributed by atoms with Crippen LogP contribution in [0.2, 0.25) is 0 Å². The van der Waals surface area contributed by atoms with Crippen molar-refractivity contribution in [2.24, 2.45) is 0 Å². The summed E-state index contributed by atoms with van der Waals surface area (Å²) in [5.41, 5.74) is 0.969. The molecule has 1 aromatic rings. The molecule has 0 unspecified atom stereocenters. The Kier molecular flexibility index (Phi) is 5.04. The van der Waals surface area contributed by atoms with E-state index in [4.69, 9.17) is 25.8 Å². The van der Waals surface area contributed by atoms with Gasteiger partial charge in [0.15, 0.2) is 0 Å².